The maximum atomic E-state index is 12.8. The fourth-order valence-electron chi connectivity index (χ4n) is 4.54. The number of rotatable bonds is 4. The summed E-state index contributed by atoms with van der Waals surface area (Å²) in [6.45, 7) is 1.19. The molecule has 4 rings (SSSR count). The van der Waals surface area contributed by atoms with Crippen molar-refractivity contribution in [2.75, 3.05) is 19.8 Å². The molecule has 1 aliphatic carbocycles. The molecule has 27 heavy (non-hydrogen) atoms. The third kappa shape index (κ3) is 3.59. The van der Waals surface area contributed by atoms with E-state index in [0.29, 0.717) is 13.0 Å². The minimum absolute atomic E-state index is 0.0876. The van der Waals surface area contributed by atoms with Crippen molar-refractivity contribution < 1.29 is 14.6 Å². The first kappa shape index (κ1) is 18.1. The van der Waals surface area contributed by atoms with Gasteiger partial charge >= 0.3 is 6.09 Å². The van der Waals surface area contributed by atoms with Gasteiger partial charge < -0.3 is 14.7 Å². The predicted molar refractivity (Wildman–Crippen MR) is 106 cm³/mol. The summed E-state index contributed by atoms with van der Waals surface area (Å²) in [6.07, 6.45) is 4.59. The number of fused-ring (bicyclic) bond motifs is 3. The highest BCUT2D eigenvalue weighted by atomic mass is 16.6. The molecule has 2 aromatic carbocycles. The second kappa shape index (κ2) is 8.13. The fourth-order valence-corrected chi connectivity index (χ4v) is 4.54. The molecule has 0 bridgehead atoms. The number of hydrogen-bond donors (Lipinski definition) is 1. The molecule has 0 radical (unpaired) electrons. The van der Waals surface area contributed by atoms with Gasteiger partial charge in [-0.2, -0.15) is 0 Å². The van der Waals surface area contributed by atoms with E-state index < -0.39 is 0 Å². The van der Waals surface area contributed by atoms with Crippen LogP contribution in [-0.4, -0.2) is 41.9 Å². The molecule has 0 aromatic heterocycles. The van der Waals surface area contributed by atoms with Crippen LogP contribution >= 0.6 is 0 Å². The van der Waals surface area contributed by atoms with Gasteiger partial charge in [0.1, 0.15) is 6.61 Å². The van der Waals surface area contributed by atoms with Gasteiger partial charge in [-0.1, -0.05) is 61.4 Å². The Balaban J connectivity index is 1.50. The van der Waals surface area contributed by atoms with Gasteiger partial charge in [-0.05, 0) is 41.5 Å². The second-order valence-corrected chi connectivity index (χ2v) is 7.51. The van der Waals surface area contributed by atoms with Crippen molar-refractivity contribution in [1.29, 1.82) is 0 Å². The first-order valence-electron chi connectivity index (χ1n) is 10.0. The average molecular weight is 365 g/mol. The van der Waals surface area contributed by atoms with E-state index in [4.69, 9.17) is 4.74 Å². The monoisotopic (exact) mass is 365 g/mol. The number of carbonyl (C=O) groups is 1. The van der Waals surface area contributed by atoms with Crippen LogP contribution in [0.25, 0.3) is 11.1 Å². The number of aliphatic hydroxyl groups excluding tert-OH is 1. The molecule has 1 amide bonds. The Morgan fingerprint density at radius 1 is 1.00 bits per heavy atom. The van der Waals surface area contributed by atoms with Gasteiger partial charge in [0.25, 0.3) is 0 Å². The van der Waals surface area contributed by atoms with Crippen molar-refractivity contribution in [3.05, 3.63) is 59.7 Å². The second-order valence-electron chi connectivity index (χ2n) is 7.51. The summed E-state index contributed by atoms with van der Waals surface area (Å²) in [4.78, 5) is 14.7. The number of likely N-dealkylation sites (tertiary alicyclic amines) is 1. The molecule has 0 spiro atoms. The largest absolute Gasteiger partial charge is 0.448 e. The van der Waals surface area contributed by atoms with Crippen molar-refractivity contribution in [2.45, 2.75) is 44.1 Å². The molecule has 2 aromatic rings. The summed E-state index contributed by atoms with van der Waals surface area (Å²) >= 11 is 0. The molecule has 142 valence electrons. The Morgan fingerprint density at radius 3 is 2.33 bits per heavy atom. The van der Waals surface area contributed by atoms with E-state index in [-0.39, 0.29) is 24.7 Å². The van der Waals surface area contributed by atoms with E-state index in [0.717, 1.165) is 32.2 Å². The lowest BCUT2D eigenvalue weighted by Gasteiger charge is -2.29. The number of amides is 1. The molecule has 1 unspecified atom stereocenters. The number of benzene rings is 2. The normalized spacial score (nSPS) is 19.3. The third-order valence-electron chi connectivity index (χ3n) is 5.91. The zero-order chi connectivity index (χ0) is 18.6. The molecule has 0 saturated carbocycles. The minimum Gasteiger partial charge on any atom is -0.448 e. The van der Waals surface area contributed by atoms with Gasteiger partial charge in [0.05, 0.1) is 0 Å². The first-order valence-corrected chi connectivity index (χ1v) is 10.0. The minimum atomic E-state index is -0.239. The Bertz CT molecular complexity index is 758. The summed E-state index contributed by atoms with van der Waals surface area (Å²) in [5.41, 5.74) is 4.94. The van der Waals surface area contributed by atoms with Gasteiger partial charge in [0.2, 0.25) is 0 Å². The van der Waals surface area contributed by atoms with E-state index in [1.807, 2.05) is 17.0 Å². The van der Waals surface area contributed by atoms with Crippen molar-refractivity contribution in [3.63, 3.8) is 0 Å². The summed E-state index contributed by atoms with van der Waals surface area (Å²) in [7, 11) is 0. The van der Waals surface area contributed by atoms with Crippen LogP contribution in [0.3, 0.4) is 0 Å². The van der Waals surface area contributed by atoms with E-state index in [2.05, 4.69) is 36.4 Å². The lowest BCUT2D eigenvalue weighted by atomic mass is 9.98. The van der Waals surface area contributed by atoms with E-state index in [1.54, 1.807) is 0 Å². The molecule has 1 heterocycles. The highest BCUT2D eigenvalue weighted by molar-refractivity contribution is 5.79. The maximum absolute atomic E-state index is 12.8. The molecular weight excluding hydrogens is 338 g/mol. The zero-order valence-corrected chi connectivity index (χ0v) is 15.6. The average Bonchev–Trinajstić information content (AvgIpc) is 2.84. The highest BCUT2D eigenvalue weighted by Crippen LogP contribution is 2.44. The Morgan fingerprint density at radius 2 is 1.67 bits per heavy atom. The molecule has 4 nitrogen and oxygen atoms in total. The Hall–Kier alpha value is -2.33. The molecule has 1 aliphatic heterocycles. The maximum Gasteiger partial charge on any atom is 0.410 e. The van der Waals surface area contributed by atoms with Crippen molar-refractivity contribution in [2.24, 2.45) is 0 Å². The van der Waals surface area contributed by atoms with Crippen molar-refractivity contribution in [1.82, 2.24) is 4.90 Å². The lowest BCUT2D eigenvalue weighted by molar-refractivity contribution is 0.0784. The highest BCUT2D eigenvalue weighted by Gasteiger charge is 2.31. The summed E-state index contributed by atoms with van der Waals surface area (Å²) in [5.74, 6) is 0.0876. The third-order valence-corrected chi connectivity index (χ3v) is 5.91. The van der Waals surface area contributed by atoms with Crippen LogP contribution in [0, 0.1) is 0 Å². The van der Waals surface area contributed by atoms with E-state index >= 15 is 0 Å². The quantitative estimate of drug-likeness (QED) is 0.864. The molecular formula is C23H27NO3. The van der Waals surface area contributed by atoms with Gasteiger partial charge in [-0.3, -0.25) is 0 Å². The zero-order valence-electron chi connectivity index (χ0n) is 15.6. The fraction of sp³-hybridized carbons (Fsp3) is 0.435. The molecule has 1 saturated heterocycles. The van der Waals surface area contributed by atoms with Crippen molar-refractivity contribution >= 4 is 6.09 Å². The number of carbonyl (C=O) groups excluding carboxylic acids is 1. The summed E-state index contributed by atoms with van der Waals surface area (Å²) < 4.78 is 5.82. The van der Waals surface area contributed by atoms with Crippen LogP contribution in [0.1, 0.15) is 49.1 Å². The molecule has 2 aliphatic rings. The van der Waals surface area contributed by atoms with Crippen LogP contribution in [0.4, 0.5) is 4.79 Å². The van der Waals surface area contributed by atoms with E-state index in [9.17, 15) is 9.90 Å². The number of hydrogen-bond acceptors (Lipinski definition) is 3. The SMILES string of the molecule is O=C(OCC1c2ccccc2-c2ccccc21)N1CCCCCC1CCO. The first-order chi connectivity index (χ1) is 13.3. The molecule has 1 N–H and O–H groups in total. The number of ether oxygens (including phenoxy) is 1. The van der Waals surface area contributed by atoms with Crippen LogP contribution in [0.5, 0.6) is 0 Å². The predicted octanol–water partition coefficient (Wildman–Crippen LogP) is 4.56. The molecule has 4 heteroatoms. The Labute approximate surface area is 160 Å². The van der Waals surface area contributed by atoms with Crippen molar-refractivity contribution in [3.8, 4) is 11.1 Å². The summed E-state index contributed by atoms with van der Waals surface area (Å²) in [5, 5.41) is 9.35. The topological polar surface area (TPSA) is 49.8 Å². The lowest BCUT2D eigenvalue weighted by Crippen LogP contribution is -2.41. The van der Waals surface area contributed by atoms with Crippen LogP contribution in [-0.2, 0) is 4.74 Å². The summed E-state index contributed by atoms with van der Waals surface area (Å²) in [6, 6.07) is 16.8. The van der Waals surface area contributed by atoms with Crippen LogP contribution in [0.15, 0.2) is 48.5 Å². The Kier molecular flexibility index (Phi) is 5.44. The number of nitrogens with zero attached hydrogens (tertiary/aromatic N) is 1. The smallest absolute Gasteiger partial charge is 0.410 e. The molecule has 1 fully saturated rings. The molecule has 1 atom stereocenters. The van der Waals surface area contributed by atoms with Crippen LogP contribution < -0.4 is 0 Å². The van der Waals surface area contributed by atoms with Gasteiger partial charge in [0.15, 0.2) is 0 Å². The van der Waals surface area contributed by atoms with Gasteiger partial charge in [-0.15, -0.1) is 0 Å². The van der Waals surface area contributed by atoms with Gasteiger partial charge in [-0.25, -0.2) is 4.79 Å². The van der Waals surface area contributed by atoms with Gasteiger partial charge in [0, 0.05) is 25.1 Å². The number of aliphatic hydroxyl groups is 1. The van der Waals surface area contributed by atoms with E-state index in [1.165, 1.54) is 22.3 Å². The standard InChI is InChI=1S/C23H27NO3/c25-15-13-17-8-2-1-7-14-24(17)23(26)27-16-22-20-11-5-3-9-18(20)19-10-4-6-12-21(19)22/h3-6,9-12,17,22,25H,1-2,7-8,13-16H2. The van der Waals surface area contributed by atoms with Crippen LogP contribution in [0.2, 0.25) is 0 Å².